The lowest BCUT2D eigenvalue weighted by Crippen LogP contribution is -2.49. The number of piperidine rings is 1. The third-order valence-electron chi connectivity index (χ3n) is 4.63. The SMILES string of the molecule is CC1CC(C)CN(CC(C)NC(=O)C(C)Oc2cccc(CO)c2)C1. The minimum Gasteiger partial charge on any atom is -0.481 e. The number of hydrogen-bond acceptors (Lipinski definition) is 4. The van der Waals surface area contributed by atoms with E-state index < -0.39 is 6.10 Å². The van der Waals surface area contributed by atoms with Gasteiger partial charge in [-0.2, -0.15) is 0 Å². The van der Waals surface area contributed by atoms with Crippen molar-refractivity contribution >= 4 is 5.91 Å². The smallest absolute Gasteiger partial charge is 0.261 e. The van der Waals surface area contributed by atoms with Crippen molar-refractivity contribution < 1.29 is 14.6 Å². The van der Waals surface area contributed by atoms with Crippen molar-refractivity contribution in [3.05, 3.63) is 29.8 Å². The fraction of sp³-hybridized carbons (Fsp3) is 0.650. The molecule has 0 bridgehead atoms. The number of aliphatic hydroxyl groups excluding tert-OH is 1. The fourth-order valence-electron chi connectivity index (χ4n) is 3.71. The zero-order valence-corrected chi connectivity index (χ0v) is 15.9. The average Bonchev–Trinajstić information content (AvgIpc) is 2.53. The molecule has 0 radical (unpaired) electrons. The summed E-state index contributed by atoms with van der Waals surface area (Å²) in [5, 5.41) is 12.2. The van der Waals surface area contributed by atoms with Crippen LogP contribution < -0.4 is 10.1 Å². The Morgan fingerprint density at radius 3 is 2.64 bits per heavy atom. The first-order chi connectivity index (χ1) is 11.9. The Kier molecular flexibility index (Phi) is 7.26. The molecule has 0 spiro atoms. The molecule has 5 nitrogen and oxygen atoms in total. The predicted molar refractivity (Wildman–Crippen MR) is 99.4 cm³/mol. The number of aliphatic hydroxyl groups is 1. The molecule has 4 atom stereocenters. The van der Waals surface area contributed by atoms with Crippen LogP contribution >= 0.6 is 0 Å². The van der Waals surface area contributed by atoms with Crippen molar-refractivity contribution in [2.24, 2.45) is 11.8 Å². The van der Waals surface area contributed by atoms with Gasteiger partial charge < -0.3 is 20.1 Å². The Hall–Kier alpha value is -1.59. The molecule has 1 fully saturated rings. The van der Waals surface area contributed by atoms with Crippen LogP contribution in [0.5, 0.6) is 5.75 Å². The Labute approximate surface area is 151 Å². The van der Waals surface area contributed by atoms with Crippen LogP contribution in [0.3, 0.4) is 0 Å². The van der Waals surface area contributed by atoms with E-state index in [1.807, 2.05) is 19.1 Å². The Morgan fingerprint density at radius 2 is 2.00 bits per heavy atom. The number of hydrogen-bond donors (Lipinski definition) is 2. The van der Waals surface area contributed by atoms with E-state index in [1.54, 1.807) is 19.1 Å². The van der Waals surface area contributed by atoms with Crippen LogP contribution in [0, 0.1) is 11.8 Å². The summed E-state index contributed by atoms with van der Waals surface area (Å²) in [5.74, 6) is 1.92. The molecule has 2 rings (SSSR count). The van der Waals surface area contributed by atoms with E-state index in [2.05, 4.69) is 24.1 Å². The van der Waals surface area contributed by atoms with E-state index in [4.69, 9.17) is 4.74 Å². The predicted octanol–water partition coefficient (Wildman–Crippen LogP) is 2.43. The summed E-state index contributed by atoms with van der Waals surface area (Å²) in [6.45, 7) is 11.4. The number of rotatable bonds is 7. The number of amides is 1. The van der Waals surface area contributed by atoms with Crippen molar-refractivity contribution in [3.8, 4) is 5.75 Å². The summed E-state index contributed by atoms with van der Waals surface area (Å²) in [7, 11) is 0. The van der Waals surface area contributed by atoms with E-state index in [0.29, 0.717) is 17.6 Å². The molecule has 4 unspecified atom stereocenters. The van der Waals surface area contributed by atoms with E-state index in [-0.39, 0.29) is 18.6 Å². The molecule has 0 aliphatic carbocycles. The van der Waals surface area contributed by atoms with Crippen LogP contribution in [0.4, 0.5) is 0 Å². The van der Waals surface area contributed by atoms with Gasteiger partial charge >= 0.3 is 0 Å². The number of ether oxygens (including phenoxy) is 1. The number of carbonyl (C=O) groups is 1. The van der Waals surface area contributed by atoms with Gasteiger partial charge in [0.15, 0.2) is 6.10 Å². The quantitative estimate of drug-likeness (QED) is 0.794. The fourth-order valence-corrected chi connectivity index (χ4v) is 3.71. The van der Waals surface area contributed by atoms with Gasteiger partial charge in [-0.3, -0.25) is 4.79 Å². The zero-order valence-electron chi connectivity index (χ0n) is 15.9. The van der Waals surface area contributed by atoms with Crippen LogP contribution in [0.25, 0.3) is 0 Å². The molecule has 5 heteroatoms. The highest BCUT2D eigenvalue weighted by Crippen LogP contribution is 2.21. The molecule has 1 aliphatic rings. The molecule has 2 N–H and O–H groups in total. The lowest BCUT2D eigenvalue weighted by atomic mass is 9.92. The van der Waals surface area contributed by atoms with Crippen LogP contribution in [0.15, 0.2) is 24.3 Å². The molecule has 140 valence electrons. The monoisotopic (exact) mass is 348 g/mol. The van der Waals surface area contributed by atoms with Crippen LogP contribution in [-0.4, -0.2) is 47.7 Å². The maximum absolute atomic E-state index is 12.4. The highest BCUT2D eigenvalue weighted by molar-refractivity contribution is 5.81. The molecule has 1 aromatic carbocycles. The summed E-state index contributed by atoms with van der Waals surface area (Å²) in [6, 6.07) is 7.26. The van der Waals surface area contributed by atoms with Gasteiger partial charge in [-0.25, -0.2) is 0 Å². The first kappa shape index (κ1) is 19.7. The van der Waals surface area contributed by atoms with Crippen LogP contribution in [-0.2, 0) is 11.4 Å². The van der Waals surface area contributed by atoms with Gasteiger partial charge in [0.25, 0.3) is 5.91 Å². The van der Waals surface area contributed by atoms with Gasteiger partial charge in [-0.05, 0) is 49.8 Å². The summed E-state index contributed by atoms with van der Waals surface area (Å²) in [5.41, 5.74) is 0.770. The Morgan fingerprint density at radius 1 is 1.32 bits per heavy atom. The van der Waals surface area contributed by atoms with Crippen molar-refractivity contribution in [3.63, 3.8) is 0 Å². The molecule has 1 aromatic rings. The normalized spacial score (nSPS) is 23.7. The molecule has 25 heavy (non-hydrogen) atoms. The summed E-state index contributed by atoms with van der Waals surface area (Å²) in [6.07, 6.45) is 0.713. The maximum atomic E-state index is 12.4. The average molecular weight is 348 g/mol. The van der Waals surface area contributed by atoms with E-state index >= 15 is 0 Å². The first-order valence-electron chi connectivity index (χ1n) is 9.26. The number of likely N-dealkylation sites (tertiary alicyclic amines) is 1. The minimum atomic E-state index is -0.574. The molecule has 1 aliphatic heterocycles. The second kappa shape index (κ2) is 9.20. The highest BCUT2D eigenvalue weighted by atomic mass is 16.5. The second-order valence-electron chi connectivity index (χ2n) is 7.64. The topological polar surface area (TPSA) is 61.8 Å². The van der Waals surface area contributed by atoms with Gasteiger partial charge in [0, 0.05) is 25.7 Å². The lowest BCUT2D eigenvalue weighted by molar-refractivity contribution is -0.128. The Balaban J connectivity index is 1.81. The Bertz CT molecular complexity index is 554. The number of benzene rings is 1. The number of nitrogens with one attached hydrogen (secondary N) is 1. The maximum Gasteiger partial charge on any atom is 0.261 e. The minimum absolute atomic E-state index is 0.0402. The molecular formula is C20H32N2O3. The molecule has 1 heterocycles. The summed E-state index contributed by atoms with van der Waals surface area (Å²) < 4.78 is 5.71. The van der Waals surface area contributed by atoms with Crippen molar-refractivity contribution in [1.82, 2.24) is 10.2 Å². The standard InChI is InChI=1S/C20H32N2O3/c1-14-8-15(2)11-22(10-14)12-16(3)21-20(24)17(4)25-19-7-5-6-18(9-19)13-23/h5-7,9,14-17,23H,8,10-13H2,1-4H3,(H,21,24). The summed E-state index contributed by atoms with van der Waals surface area (Å²) >= 11 is 0. The zero-order chi connectivity index (χ0) is 18.4. The molecule has 0 saturated carbocycles. The van der Waals surface area contributed by atoms with Gasteiger partial charge in [-0.15, -0.1) is 0 Å². The first-order valence-corrected chi connectivity index (χ1v) is 9.26. The summed E-state index contributed by atoms with van der Waals surface area (Å²) in [4.78, 5) is 14.8. The van der Waals surface area contributed by atoms with Crippen molar-refractivity contribution in [2.75, 3.05) is 19.6 Å². The van der Waals surface area contributed by atoms with E-state index in [1.165, 1.54) is 6.42 Å². The largest absolute Gasteiger partial charge is 0.481 e. The molecular weight excluding hydrogens is 316 g/mol. The van der Waals surface area contributed by atoms with Gasteiger partial charge in [0.1, 0.15) is 5.75 Å². The second-order valence-corrected chi connectivity index (χ2v) is 7.64. The number of carbonyl (C=O) groups excluding carboxylic acids is 1. The third kappa shape index (κ3) is 6.33. The highest BCUT2D eigenvalue weighted by Gasteiger charge is 2.24. The molecule has 1 saturated heterocycles. The van der Waals surface area contributed by atoms with Crippen LogP contribution in [0.1, 0.15) is 39.7 Å². The van der Waals surface area contributed by atoms with Gasteiger partial charge in [0.2, 0.25) is 0 Å². The number of nitrogens with zero attached hydrogens (tertiary/aromatic N) is 1. The molecule has 0 aromatic heterocycles. The van der Waals surface area contributed by atoms with E-state index in [9.17, 15) is 9.90 Å². The lowest BCUT2D eigenvalue weighted by Gasteiger charge is -2.36. The molecule has 1 amide bonds. The van der Waals surface area contributed by atoms with Crippen molar-refractivity contribution in [2.45, 2.75) is 52.9 Å². The van der Waals surface area contributed by atoms with Gasteiger partial charge in [-0.1, -0.05) is 26.0 Å². The van der Waals surface area contributed by atoms with E-state index in [0.717, 1.165) is 25.2 Å². The van der Waals surface area contributed by atoms with Crippen molar-refractivity contribution in [1.29, 1.82) is 0 Å². The van der Waals surface area contributed by atoms with Crippen LogP contribution in [0.2, 0.25) is 0 Å². The van der Waals surface area contributed by atoms with Gasteiger partial charge in [0.05, 0.1) is 6.61 Å². The third-order valence-corrected chi connectivity index (χ3v) is 4.63.